The summed E-state index contributed by atoms with van der Waals surface area (Å²) in [6.45, 7) is 7.64. The summed E-state index contributed by atoms with van der Waals surface area (Å²) in [5.41, 5.74) is 0. The normalized spacial score (nSPS) is 12.3. The number of esters is 1. The summed E-state index contributed by atoms with van der Waals surface area (Å²) in [6.07, 6.45) is 67.9. The fraction of sp³-hybridized carbons (Fsp3) is 0.944. The number of rotatable bonds is 49. The van der Waals surface area contributed by atoms with E-state index in [4.69, 9.17) is 4.74 Å². The molecule has 0 rings (SSSR count). The monoisotopic (exact) mass is 787 g/mol. The zero-order chi connectivity index (χ0) is 40.5. The van der Waals surface area contributed by atoms with Gasteiger partial charge in [0.15, 0.2) is 0 Å². The topological polar surface area (TPSA) is 26.3 Å². The third-order valence-corrected chi connectivity index (χ3v) is 12.7. The first kappa shape index (κ1) is 55.2. The summed E-state index contributed by atoms with van der Waals surface area (Å²) < 4.78 is 5.49. The summed E-state index contributed by atoms with van der Waals surface area (Å²) >= 11 is 0. The number of ether oxygens (including phenoxy) is 1. The van der Waals surface area contributed by atoms with Gasteiger partial charge in [-0.3, -0.25) is 4.79 Å². The zero-order valence-corrected chi connectivity index (χ0v) is 39.3. The molecular formula is C54H106O2. The van der Waals surface area contributed by atoms with Crippen molar-refractivity contribution < 1.29 is 9.53 Å². The molecule has 0 aliphatic heterocycles. The van der Waals surface area contributed by atoms with Gasteiger partial charge in [-0.1, -0.05) is 283 Å². The number of unbranched alkanes of at least 4 members (excludes halogenated alkanes) is 40. The van der Waals surface area contributed by atoms with Crippen molar-refractivity contribution >= 4 is 5.97 Å². The fourth-order valence-electron chi connectivity index (χ4n) is 8.35. The van der Waals surface area contributed by atoms with Crippen molar-refractivity contribution in [3.8, 4) is 0 Å². The molecule has 0 spiro atoms. The van der Waals surface area contributed by atoms with Gasteiger partial charge in [-0.15, -0.1) is 0 Å². The van der Waals surface area contributed by atoms with Crippen molar-refractivity contribution in [3.05, 3.63) is 12.2 Å². The zero-order valence-electron chi connectivity index (χ0n) is 39.3. The first-order valence-electron chi connectivity index (χ1n) is 26.5. The van der Waals surface area contributed by atoms with Crippen molar-refractivity contribution in [2.75, 3.05) is 6.61 Å². The molecule has 1 unspecified atom stereocenters. The van der Waals surface area contributed by atoms with E-state index in [1.807, 2.05) is 0 Å². The van der Waals surface area contributed by atoms with Gasteiger partial charge in [-0.05, 0) is 44.4 Å². The maximum Gasteiger partial charge on any atom is 0.305 e. The van der Waals surface area contributed by atoms with Crippen molar-refractivity contribution in [2.45, 2.75) is 316 Å². The predicted octanol–water partition coefficient (Wildman–Crippen LogP) is 19.7. The molecule has 0 aliphatic carbocycles. The summed E-state index contributed by atoms with van der Waals surface area (Å²) in [7, 11) is 0. The Morgan fingerprint density at radius 1 is 0.375 bits per heavy atom. The van der Waals surface area contributed by atoms with E-state index in [-0.39, 0.29) is 5.97 Å². The van der Waals surface area contributed by atoms with Gasteiger partial charge in [0.05, 0.1) is 6.61 Å². The number of carbonyl (C=O) groups is 1. The van der Waals surface area contributed by atoms with Crippen LogP contribution in [0, 0.1) is 5.92 Å². The van der Waals surface area contributed by atoms with Crippen LogP contribution in [-0.4, -0.2) is 12.6 Å². The van der Waals surface area contributed by atoms with Gasteiger partial charge in [-0.2, -0.15) is 0 Å². The molecule has 0 saturated carbocycles. The third-order valence-electron chi connectivity index (χ3n) is 12.7. The van der Waals surface area contributed by atoms with Crippen LogP contribution in [0.2, 0.25) is 0 Å². The minimum absolute atomic E-state index is 0.0282. The summed E-state index contributed by atoms with van der Waals surface area (Å²) in [5, 5.41) is 0. The molecule has 0 aromatic carbocycles. The Morgan fingerprint density at radius 3 is 1.00 bits per heavy atom. The second-order valence-corrected chi connectivity index (χ2v) is 18.5. The van der Waals surface area contributed by atoms with Gasteiger partial charge in [0, 0.05) is 6.42 Å². The number of hydrogen-bond donors (Lipinski definition) is 0. The highest BCUT2D eigenvalue weighted by atomic mass is 16.5. The maximum atomic E-state index is 12.0. The van der Waals surface area contributed by atoms with E-state index >= 15 is 0 Å². The Hall–Kier alpha value is -0.790. The Morgan fingerprint density at radius 2 is 0.661 bits per heavy atom. The minimum Gasteiger partial charge on any atom is -0.466 e. The van der Waals surface area contributed by atoms with Crippen LogP contribution in [0.3, 0.4) is 0 Å². The molecule has 334 valence electrons. The van der Waals surface area contributed by atoms with Crippen LogP contribution in [0.15, 0.2) is 12.2 Å². The van der Waals surface area contributed by atoms with E-state index in [0.717, 1.165) is 18.8 Å². The highest BCUT2D eigenvalue weighted by molar-refractivity contribution is 5.69. The van der Waals surface area contributed by atoms with E-state index in [0.29, 0.717) is 13.0 Å². The molecule has 0 aromatic rings. The lowest BCUT2D eigenvalue weighted by molar-refractivity contribution is -0.143. The van der Waals surface area contributed by atoms with E-state index in [1.54, 1.807) is 0 Å². The van der Waals surface area contributed by atoms with Crippen molar-refractivity contribution in [1.29, 1.82) is 0 Å². The van der Waals surface area contributed by atoms with Crippen molar-refractivity contribution in [2.24, 2.45) is 5.92 Å². The van der Waals surface area contributed by atoms with E-state index < -0.39 is 0 Å². The molecule has 0 radical (unpaired) electrons. The SMILES string of the molecule is CCCCCCC=CCCCCCCCCCCCC(=O)OCCCCCCCCCCCCCCCCCCCCCCCCCCCCCCC(C)CC. The van der Waals surface area contributed by atoms with Crippen LogP contribution < -0.4 is 0 Å². The third kappa shape index (κ3) is 49.4. The van der Waals surface area contributed by atoms with Gasteiger partial charge >= 0.3 is 5.97 Å². The molecule has 0 bridgehead atoms. The van der Waals surface area contributed by atoms with Gasteiger partial charge in [0.25, 0.3) is 0 Å². The number of allylic oxidation sites excluding steroid dienone is 2. The highest BCUT2D eigenvalue weighted by Crippen LogP contribution is 2.18. The fourth-order valence-corrected chi connectivity index (χ4v) is 8.35. The second kappa shape index (κ2) is 50.4. The average Bonchev–Trinajstić information content (AvgIpc) is 3.20. The number of carbonyl (C=O) groups excluding carboxylic acids is 1. The molecule has 0 aliphatic rings. The van der Waals surface area contributed by atoms with Crippen LogP contribution in [0.4, 0.5) is 0 Å². The van der Waals surface area contributed by atoms with E-state index in [1.165, 1.54) is 276 Å². The molecule has 0 N–H and O–H groups in total. The molecule has 56 heavy (non-hydrogen) atoms. The van der Waals surface area contributed by atoms with Crippen molar-refractivity contribution in [1.82, 2.24) is 0 Å². The second-order valence-electron chi connectivity index (χ2n) is 18.5. The van der Waals surface area contributed by atoms with Crippen LogP contribution >= 0.6 is 0 Å². The minimum atomic E-state index is 0.0282. The Kier molecular flexibility index (Phi) is 49.6. The smallest absolute Gasteiger partial charge is 0.305 e. The lowest BCUT2D eigenvalue weighted by atomic mass is 9.99. The van der Waals surface area contributed by atoms with Gasteiger partial charge in [0.1, 0.15) is 0 Å². The molecular weight excluding hydrogens is 681 g/mol. The standard InChI is InChI=1S/C54H106O2/c1-4-6-7-8-9-10-11-12-13-26-30-33-36-39-42-45-48-51-54(55)56-52-49-46-43-40-37-34-31-28-25-23-21-19-17-15-14-16-18-20-22-24-27-29-32-35-38-41-44-47-50-53(3)5-2/h10-11,53H,4-9,12-52H2,1-3H3. The quantitative estimate of drug-likeness (QED) is 0.0349. The molecule has 0 heterocycles. The molecule has 0 saturated heterocycles. The van der Waals surface area contributed by atoms with Crippen LogP contribution in [0.25, 0.3) is 0 Å². The molecule has 1 atom stereocenters. The lowest BCUT2D eigenvalue weighted by Crippen LogP contribution is -2.05. The molecule has 0 aromatic heterocycles. The summed E-state index contributed by atoms with van der Waals surface area (Å²) in [6, 6.07) is 0. The van der Waals surface area contributed by atoms with Gasteiger partial charge in [-0.25, -0.2) is 0 Å². The van der Waals surface area contributed by atoms with Crippen LogP contribution in [0.1, 0.15) is 316 Å². The largest absolute Gasteiger partial charge is 0.466 e. The first-order valence-corrected chi connectivity index (χ1v) is 26.5. The average molecular weight is 787 g/mol. The van der Waals surface area contributed by atoms with E-state index in [9.17, 15) is 4.79 Å². The molecule has 0 amide bonds. The van der Waals surface area contributed by atoms with Crippen molar-refractivity contribution in [3.63, 3.8) is 0 Å². The lowest BCUT2D eigenvalue weighted by Gasteiger charge is -2.07. The van der Waals surface area contributed by atoms with E-state index in [2.05, 4.69) is 32.9 Å². The Balaban J connectivity index is 3.15. The maximum absolute atomic E-state index is 12.0. The Bertz CT molecular complexity index is 743. The summed E-state index contributed by atoms with van der Waals surface area (Å²) in [4.78, 5) is 12.0. The first-order chi connectivity index (χ1) is 27.7. The Labute approximate surface area is 355 Å². The molecule has 2 nitrogen and oxygen atoms in total. The molecule has 0 fully saturated rings. The van der Waals surface area contributed by atoms with Gasteiger partial charge in [0.2, 0.25) is 0 Å². The molecule has 2 heteroatoms. The highest BCUT2D eigenvalue weighted by Gasteiger charge is 2.03. The van der Waals surface area contributed by atoms with Gasteiger partial charge < -0.3 is 4.74 Å². The summed E-state index contributed by atoms with van der Waals surface area (Å²) in [5.74, 6) is 0.967. The number of hydrogen-bond acceptors (Lipinski definition) is 2. The van der Waals surface area contributed by atoms with Crippen LogP contribution in [0.5, 0.6) is 0 Å². The predicted molar refractivity (Wildman–Crippen MR) is 253 cm³/mol. The van der Waals surface area contributed by atoms with Crippen LogP contribution in [-0.2, 0) is 9.53 Å².